The zero-order valence-electron chi connectivity index (χ0n) is 16.9. The van der Waals surface area contributed by atoms with Gasteiger partial charge in [-0.15, -0.1) is 0 Å². The molecule has 2 aromatic heterocycles. The van der Waals surface area contributed by atoms with E-state index in [1.54, 1.807) is 4.68 Å². The summed E-state index contributed by atoms with van der Waals surface area (Å²) in [6, 6.07) is 16.0. The molecule has 2 aromatic carbocycles. The average molecular weight is 399 g/mol. The van der Waals surface area contributed by atoms with E-state index in [-0.39, 0.29) is 11.6 Å². The van der Waals surface area contributed by atoms with Crippen LogP contribution in [0.4, 0.5) is 11.6 Å². The summed E-state index contributed by atoms with van der Waals surface area (Å²) in [5.74, 6) is 0.850. The SMILES string of the molecule is Cc1ccc(-c2n[nH]c(=O)c3c2[C@H](c2ccc(C(C)C)cc2)n2nnnc2N3)cc1. The number of hydrogen-bond acceptors (Lipinski definition) is 6. The number of aromatic nitrogens is 6. The van der Waals surface area contributed by atoms with E-state index in [1.807, 2.05) is 31.2 Å². The van der Waals surface area contributed by atoms with Crippen LogP contribution in [0.1, 0.15) is 48.1 Å². The highest BCUT2D eigenvalue weighted by Gasteiger charge is 2.34. The summed E-state index contributed by atoms with van der Waals surface area (Å²) in [4.78, 5) is 12.7. The molecule has 0 saturated heterocycles. The molecule has 150 valence electrons. The van der Waals surface area contributed by atoms with Crippen molar-refractivity contribution in [2.75, 3.05) is 5.32 Å². The molecule has 3 heterocycles. The molecule has 2 N–H and O–H groups in total. The first-order valence-electron chi connectivity index (χ1n) is 9.87. The standard InChI is InChI=1S/C22H21N7O/c1-12(2)14-8-10-16(11-9-14)20-17-18(15-6-4-13(3)5-7-15)24-25-21(30)19(17)23-22-26-27-28-29(20)22/h4-12,20H,1-3H3,(H,25,30)(H,23,26,28)/t20-/m0/s1. The van der Waals surface area contributed by atoms with Crippen molar-refractivity contribution < 1.29 is 0 Å². The average Bonchev–Trinajstić information content (AvgIpc) is 3.22. The number of aryl methyl sites for hydroxylation is 1. The number of hydrogen-bond donors (Lipinski definition) is 2. The van der Waals surface area contributed by atoms with Crippen LogP contribution in [-0.2, 0) is 0 Å². The van der Waals surface area contributed by atoms with Crippen LogP contribution in [0.5, 0.6) is 0 Å². The molecule has 0 fully saturated rings. The van der Waals surface area contributed by atoms with Crippen molar-refractivity contribution >= 4 is 11.6 Å². The van der Waals surface area contributed by atoms with Gasteiger partial charge in [-0.2, -0.15) is 9.78 Å². The Morgan fingerprint density at radius 1 is 1.03 bits per heavy atom. The Morgan fingerprint density at radius 3 is 2.47 bits per heavy atom. The Kier molecular flexibility index (Phi) is 4.20. The van der Waals surface area contributed by atoms with Crippen LogP contribution in [0, 0.1) is 6.92 Å². The van der Waals surface area contributed by atoms with Gasteiger partial charge < -0.3 is 5.32 Å². The zero-order chi connectivity index (χ0) is 20.8. The van der Waals surface area contributed by atoms with Crippen molar-refractivity contribution in [1.82, 2.24) is 30.4 Å². The third-order valence-corrected chi connectivity index (χ3v) is 5.51. The van der Waals surface area contributed by atoms with E-state index in [9.17, 15) is 4.79 Å². The van der Waals surface area contributed by atoms with Crippen molar-refractivity contribution in [3.63, 3.8) is 0 Å². The Morgan fingerprint density at radius 2 is 1.77 bits per heavy atom. The number of nitrogens with zero attached hydrogens (tertiary/aromatic N) is 5. The van der Waals surface area contributed by atoms with Gasteiger partial charge >= 0.3 is 0 Å². The van der Waals surface area contributed by atoms with E-state index in [2.05, 4.69) is 69.2 Å². The minimum Gasteiger partial charge on any atom is -0.318 e. The number of H-pyrrole nitrogens is 1. The molecule has 1 aliphatic heterocycles. The fourth-order valence-electron chi connectivity index (χ4n) is 3.84. The predicted octanol–water partition coefficient (Wildman–Crippen LogP) is 3.55. The van der Waals surface area contributed by atoms with Crippen LogP contribution in [0.15, 0.2) is 53.3 Å². The van der Waals surface area contributed by atoms with E-state index in [1.165, 1.54) is 5.56 Å². The van der Waals surface area contributed by atoms with E-state index in [0.717, 1.165) is 22.3 Å². The number of benzene rings is 2. The number of fused-ring (bicyclic) bond motifs is 2. The van der Waals surface area contributed by atoms with Crippen molar-refractivity contribution in [2.24, 2.45) is 0 Å². The van der Waals surface area contributed by atoms with Crippen molar-refractivity contribution in [2.45, 2.75) is 32.7 Å². The summed E-state index contributed by atoms with van der Waals surface area (Å²) in [5.41, 5.74) is 5.84. The van der Waals surface area contributed by atoms with Crippen molar-refractivity contribution in [3.8, 4) is 11.3 Å². The Balaban J connectivity index is 1.76. The highest BCUT2D eigenvalue weighted by atomic mass is 16.1. The Bertz CT molecular complexity index is 1270. The van der Waals surface area contributed by atoms with Gasteiger partial charge in [-0.25, -0.2) is 5.10 Å². The van der Waals surface area contributed by atoms with Gasteiger partial charge in [0.2, 0.25) is 5.95 Å². The van der Waals surface area contributed by atoms with Gasteiger partial charge in [-0.3, -0.25) is 4.79 Å². The van der Waals surface area contributed by atoms with Gasteiger partial charge in [-0.1, -0.05) is 73.0 Å². The van der Waals surface area contributed by atoms with Crippen LogP contribution in [0.25, 0.3) is 11.3 Å². The van der Waals surface area contributed by atoms with Crippen LogP contribution >= 0.6 is 0 Å². The summed E-state index contributed by atoms with van der Waals surface area (Å²) < 4.78 is 1.70. The molecule has 1 aliphatic rings. The third kappa shape index (κ3) is 2.88. The third-order valence-electron chi connectivity index (χ3n) is 5.51. The smallest absolute Gasteiger partial charge is 0.288 e. The van der Waals surface area contributed by atoms with Crippen LogP contribution in [0.3, 0.4) is 0 Å². The summed E-state index contributed by atoms with van der Waals surface area (Å²) in [5, 5.41) is 22.2. The molecule has 0 bridgehead atoms. The number of nitrogens with one attached hydrogen (secondary N) is 2. The second kappa shape index (κ2) is 6.91. The molecule has 1 atom stereocenters. The van der Waals surface area contributed by atoms with Gasteiger partial charge in [-0.05, 0) is 34.4 Å². The fraction of sp³-hybridized carbons (Fsp3) is 0.227. The molecule has 0 unspecified atom stereocenters. The zero-order valence-corrected chi connectivity index (χ0v) is 16.9. The molecule has 0 saturated carbocycles. The second-order valence-electron chi connectivity index (χ2n) is 7.85. The summed E-state index contributed by atoms with van der Waals surface area (Å²) in [6.45, 7) is 6.36. The molecular formula is C22H21N7O. The van der Waals surface area contributed by atoms with E-state index >= 15 is 0 Å². The minimum absolute atomic E-state index is 0.307. The maximum Gasteiger partial charge on any atom is 0.288 e. The van der Waals surface area contributed by atoms with E-state index in [4.69, 9.17) is 0 Å². The minimum atomic E-state index is -0.376. The summed E-state index contributed by atoms with van der Waals surface area (Å²) in [6.07, 6.45) is 0. The lowest BCUT2D eigenvalue weighted by Crippen LogP contribution is -2.29. The normalized spacial score (nSPS) is 14.9. The van der Waals surface area contributed by atoms with Crippen LogP contribution in [0.2, 0.25) is 0 Å². The van der Waals surface area contributed by atoms with Crippen LogP contribution in [-0.4, -0.2) is 30.4 Å². The molecule has 8 nitrogen and oxygen atoms in total. The Hall–Kier alpha value is -3.81. The summed E-state index contributed by atoms with van der Waals surface area (Å²) in [7, 11) is 0. The topological polar surface area (TPSA) is 101 Å². The first-order valence-corrected chi connectivity index (χ1v) is 9.87. The van der Waals surface area contributed by atoms with Gasteiger partial charge in [0.15, 0.2) is 0 Å². The van der Waals surface area contributed by atoms with Gasteiger partial charge in [0.05, 0.1) is 5.69 Å². The van der Waals surface area contributed by atoms with Crippen molar-refractivity contribution in [3.05, 3.63) is 81.1 Å². The largest absolute Gasteiger partial charge is 0.318 e. The van der Waals surface area contributed by atoms with Crippen molar-refractivity contribution in [1.29, 1.82) is 0 Å². The highest BCUT2D eigenvalue weighted by Crippen LogP contribution is 2.41. The van der Waals surface area contributed by atoms with Gasteiger partial charge in [0.1, 0.15) is 11.7 Å². The summed E-state index contributed by atoms with van der Waals surface area (Å²) >= 11 is 0. The van der Waals surface area contributed by atoms with Gasteiger partial charge in [0, 0.05) is 11.1 Å². The first kappa shape index (κ1) is 18.2. The molecule has 5 rings (SSSR count). The number of aromatic amines is 1. The van der Waals surface area contributed by atoms with E-state index < -0.39 is 0 Å². The number of rotatable bonds is 3. The molecule has 4 aromatic rings. The molecular weight excluding hydrogens is 378 g/mol. The molecule has 30 heavy (non-hydrogen) atoms. The quantitative estimate of drug-likeness (QED) is 0.481. The highest BCUT2D eigenvalue weighted by molar-refractivity contribution is 5.75. The Labute approximate surface area is 173 Å². The number of tetrazole rings is 1. The van der Waals surface area contributed by atoms with Gasteiger partial charge in [0.25, 0.3) is 5.56 Å². The predicted molar refractivity (Wildman–Crippen MR) is 114 cm³/mol. The molecule has 0 amide bonds. The monoisotopic (exact) mass is 399 g/mol. The lowest BCUT2D eigenvalue weighted by molar-refractivity contribution is 0.567. The van der Waals surface area contributed by atoms with Crippen LogP contribution < -0.4 is 10.9 Å². The molecule has 0 aliphatic carbocycles. The molecule has 8 heteroatoms. The maximum absolute atomic E-state index is 12.7. The lowest BCUT2D eigenvalue weighted by Gasteiger charge is -2.28. The second-order valence-corrected chi connectivity index (χ2v) is 7.85. The fourth-order valence-corrected chi connectivity index (χ4v) is 3.84. The molecule has 0 radical (unpaired) electrons. The number of anilines is 2. The van der Waals surface area contributed by atoms with E-state index in [0.29, 0.717) is 23.2 Å². The first-order chi connectivity index (χ1) is 14.5. The maximum atomic E-state index is 12.7. The lowest BCUT2D eigenvalue weighted by atomic mass is 9.91. The molecule has 0 spiro atoms.